The van der Waals surface area contributed by atoms with Crippen LogP contribution in [-0.4, -0.2) is 66.6 Å². The first kappa shape index (κ1) is 53.1. The predicted octanol–water partition coefficient (Wildman–Crippen LogP) is 11.4. The number of pyridine rings is 2. The van der Waals surface area contributed by atoms with Crippen molar-refractivity contribution in [2.45, 2.75) is 89.5 Å². The van der Waals surface area contributed by atoms with Gasteiger partial charge in [0.1, 0.15) is 24.0 Å². The predicted molar refractivity (Wildman–Crippen MR) is 264 cm³/mol. The Morgan fingerprint density at radius 1 is 0.740 bits per heavy atom. The highest BCUT2D eigenvalue weighted by Gasteiger charge is 2.41. The molecule has 2 aliphatic rings. The molecular weight excluding hydrogens is 955 g/mol. The second-order valence-electron chi connectivity index (χ2n) is 17.8. The number of benzene rings is 3. The van der Waals surface area contributed by atoms with Gasteiger partial charge in [-0.2, -0.15) is 31.4 Å². The number of hydrogen-bond acceptors (Lipinski definition) is 8. The fraction of sp³-hybridized carbons (Fsp3) is 0.315. The average Bonchev–Trinajstić information content (AvgIpc) is 4.00. The maximum atomic E-state index is 13.2. The monoisotopic (exact) mass is 1010 g/mol. The van der Waals surface area contributed by atoms with Crippen molar-refractivity contribution >= 4 is 35.1 Å². The van der Waals surface area contributed by atoms with E-state index >= 15 is 0 Å². The van der Waals surface area contributed by atoms with Gasteiger partial charge in [0, 0.05) is 54.4 Å². The Morgan fingerprint density at radius 3 is 1.88 bits per heavy atom. The third kappa shape index (κ3) is 14.1. The summed E-state index contributed by atoms with van der Waals surface area (Å²) >= 11 is 0. The van der Waals surface area contributed by atoms with Crippen molar-refractivity contribution in [3.05, 3.63) is 179 Å². The molecule has 1 amide bonds. The van der Waals surface area contributed by atoms with Crippen LogP contribution >= 0.6 is 0 Å². The number of carbonyl (C=O) groups excluding carboxylic acids is 1. The molecule has 13 nitrogen and oxygen atoms in total. The molecule has 2 unspecified atom stereocenters. The molecule has 2 atom stereocenters. The molecule has 382 valence electrons. The number of aliphatic carboxylic acids is 2. The summed E-state index contributed by atoms with van der Waals surface area (Å²) in [6, 6.07) is 31.1. The van der Waals surface area contributed by atoms with Crippen LogP contribution < -0.4 is 15.2 Å². The van der Waals surface area contributed by atoms with Crippen LogP contribution in [0.25, 0.3) is 5.82 Å². The summed E-state index contributed by atoms with van der Waals surface area (Å²) in [5.41, 5.74) is 4.03. The number of aromatic nitrogens is 4. The number of aryl methyl sites for hydroxylation is 3. The van der Waals surface area contributed by atoms with Crippen molar-refractivity contribution in [2.24, 2.45) is 11.0 Å². The van der Waals surface area contributed by atoms with E-state index in [1.165, 1.54) is 24.8 Å². The lowest BCUT2D eigenvalue weighted by Gasteiger charge is -2.32. The molecule has 73 heavy (non-hydrogen) atoms. The first-order valence-electron chi connectivity index (χ1n) is 24.0. The molecule has 1 aliphatic carbocycles. The van der Waals surface area contributed by atoms with Crippen LogP contribution in [0.1, 0.15) is 102 Å². The quantitative estimate of drug-likeness (QED) is 0.0483. The Morgan fingerprint density at radius 2 is 1.34 bits per heavy atom. The van der Waals surface area contributed by atoms with Gasteiger partial charge in [0.15, 0.2) is 5.82 Å². The van der Waals surface area contributed by atoms with E-state index in [0.717, 1.165) is 84.7 Å². The highest BCUT2D eigenvalue weighted by Crippen LogP contribution is 2.39. The van der Waals surface area contributed by atoms with Crippen LogP contribution in [0.15, 0.2) is 145 Å². The first-order chi connectivity index (χ1) is 34.9. The average molecular weight is 1010 g/mol. The van der Waals surface area contributed by atoms with Gasteiger partial charge in [-0.15, -0.1) is 4.59 Å². The number of anilines is 1. The Hall–Kier alpha value is -7.67. The molecule has 3 aromatic heterocycles. The van der Waals surface area contributed by atoms with Gasteiger partial charge < -0.3 is 20.8 Å². The van der Waals surface area contributed by atoms with E-state index in [1.807, 2.05) is 66.9 Å². The zero-order valence-electron chi connectivity index (χ0n) is 39.9. The molecule has 4 N–H and O–H groups in total. The van der Waals surface area contributed by atoms with Gasteiger partial charge in [0.25, 0.3) is 11.7 Å². The standard InChI is InChI=1S/C34H36F3N5O3.C20H18F3N3O2/c35-34(36,37)26-14-18-30(39-21-26)42-22-28(29(41-42)17-11-23-7-3-1-4-8-23)32(24-9-5-2-6-10-24)40-27-15-12-25(13-16-27)33(45)38-20-19-31(43)44;1-2-26(18-11-9-15(12-24-18)20(21,22)23)13-16(19(27)28)17(25-26)10-8-14-6-4-3-5-7-14/h1,3-4,7-8,12-16,18,21-22,24,32,40H,2,5-6,9-11,17,19-20H2,(H,38,45)(H,43,44);3-7,9,11-13H,2,8,10H2,1H3/p+1. The minimum atomic E-state index is -4.49. The molecule has 0 bridgehead atoms. The third-order valence-corrected chi connectivity index (χ3v) is 12.8. The highest BCUT2D eigenvalue weighted by molar-refractivity contribution is 6.20. The SMILES string of the molecule is CC[N+]1(c2ccc(C(F)(F)F)cn2)C=C(C(=O)O)C(CCc2ccccc2)=N1.O=C(O)CCNC(=O)c1ccc(NC(c2cn(-c3ccc(C(F)(F)F)cn3)nc2CCc2ccccc2)C2CCCCC2)cc1. The summed E-state index contributed by atoms with van der Waals surface area (Å²) in [4.78, 5) is 43.0. The van der Waals surface area contributed by atoms with Crippen molar-refractivity contribution in [1.82, 2.24) is 29.7 Å². The van der Waals surface area contributed by atoms with Crippen LogP contribution in [0.3, 0.4) is 0 Å². The normalized spacial score (nSPS) is 16.4. The van der Waals surface area contributed by atoms with Crippen molar-refractivity contribution < 1.29 is 50.9 Å². The van der Waals surface area contributed by atoms with E-state index in [-0.39, 0.29) is 40.9 Å². The van der Waals surface area contributed by atoms with Gasteiger partial charge in [-0.25, -0.2) is 19.4 Å². The molecule has 0 radical (unpaired) electrons. The number of quaternary nitrogens is 1. The van der Waals surface area contributed by atoms with E-state index in [0.29, 0.717) is 48.8 Å². The molecular formula is C54H55F6N8O5+. The third-order valence-electron chi connectivity index (χ3n) is 12.8. The van der Waals surface area contributed by atoms with Gasteiger partial charge >= 0.3 is 24.3 Å². The van der Waals surface area contributed by atoms with Crippen LogP contribution in [-0.2, 0) is 41.2 Å². The lowest BCUT2D eigenvalue weighted by Crippen LogP contribution is -2.37. The van der Waals surface area contributed by atoms with Crippen LogP contribution in [0.4, 0.5) is 37.8 Å². The molecule has 1 saturated carbocycles. The lowest BCUT2D eigenvalue weighted by molar-refractivity contribution is -0.138. The van der Waals surface area contributed by atoms with Gasteiger partial charge in [-0.3, -0.25) is 9.59 Å². The molecule has 0 saturated heterocycles. The van der Waals surface area contributed by atoms with E-state index in [2.05, 4.69) is 37.8 Å². The topological polar surface area (TPSA) is 172 Å². The summed E-state index contributed by atoms with van der Waals surface area (Å²) in [5.74, 6) is -1.61. The zero-order chi connectivity index (χ0) is 52.2. The summed E-state index contributed by atoms with van der Waals surface area (Å²) in [6.07, 6.45) is 3.58. The van der Waals surface area contributed by atoms with Crippen molar-refractivity contribution in [1.29, 1.82) is 0 Å². The van der Waals surface area contributed by atoms with Crippen molar-refractivity contribution in [2.75, 3.05) is 18.4 Å². The fourth-order valence-electron chi connectivity index (χ4n) is 8.87. The lowest BCUT2D eigenvalue weighted by atomic mass is 9.80. The van der Waals surface area contributed by atoms with Crippen LogP contribution in [0, 0.1) is 5.92 Å². The Balaban J connectivity index is 0.000000239. The van der Waals surface area contributed by atoms with Crippen molar-refractivity contribution in [3.8, 4) is 5.82 Å². The maximum Gasteiger partial charge on any atom is 0.417 e. The van der Waals surface area contributed by atoms with Gasteiger partial charge in [0.2, 0.25) is 0 Å². The smallest absolute Gasteiger partial charge is 0.417 e. The Kier molecular flexibility index (Phi) is 17.3. The number of carboxylic acids is 2. The Bertz CT molecular complexity index is 2870. The van der Waals surface area contributed by atoms with Gasteiger partial charge in [-0.05, 0) is 98.5 Å². The summed E-state index contributed by atoms with van der Waals surface area (Å²) in [7, 11) is 0. The number of hydrogen-bond donors (Lipinski definition) is 4. The number of nitrogens with zero attached hydrogens (tertiary/aromatic N) is 6. The maximum absolute atomic E-state index is 13.2. The molecule has 0 spiro atoms. The number of amides is 1. The van der Waals surface area contributed by atoms with Crippen LogP contribution in [0.2, 0.25) is 0 Å². The zero-order valence-corrected chi connectivity index (χ0v) is 39.9. The van der Waals surface area contributed by atoms with E-state index in [1.54, 1.807) is 23.7 Å². The summed E-state index contributed by atoms with van der Waals surface area (Å²) < 4.78 is 79.3. The number of carboxylic acid groups (broad SMARTS) is 2. The summed E-state index contributed by atoms with van der Waals surface area (Å²) in [5, 5.41) is 34.1. The number of carbonyl (C=O) groups is 3. The number of rotatable bonds is 18. The second-order valence-corrected chi connectivity index (χ2v) is 17.8. The van der Waals surface area contributed by atoms with Crippen molar-refractivity contribution in [3.63, 3.8) is 0 Å². The van der Waals surface area contributed by atoms with Crippen LogP contribution in [0.5, 0.6) is 0 Å². The molecule has 3 aromatic carbocycles. The fourth-order valence-corrected chi connectivity index (χ4v) is 8.87. The minimum absolute atomic E-state index is 0.0431. The largest absolute Gasteiger partial charge is 0.481 e. The number of halogens is 6. The first-order valence-corrected chi connectivity index (χ1v) is 24.0. The van der Waals surface area contributed by atoms with Gasteiger partial charge in [0.05, 0.1) is 29.3 Å². The summed E-state index contributed by atoms with van der Waals surface area (Å²) in [6.45, 7) is 2.14. The number of alkyl halides is 6. The molecule has 19 heteroatoms. The van der Waals surface area contributed by atoms with E-state index in [4.69, 9.17) is 10.2 Å². The van der Waals surface area contributed by atoms with Gasteiger partial charge in [-0.1, -0.05) is 85.0 Å². The Labute approximate surface area is 417 Å². The molecule has 1 fully saturated rings. The van der Waals surface area contributed by atoms with E-state index < -0.39 is 35.4 Å². The van der Waals surface area contributed by atoms with E-state index in [9.17, 15) is 45.8 Å². The minimum Gasteiger partial charge on any atom is -0.481 e. The highest BCUT2D eigenvalue weighted by atomic mass is 19.4. The molecule has 8 rings (SSSR count). The number of nitrogens with one attached hydrogen (secondary N) is 2. The molecule has 6 aromatic rings. The molecule has 1 aliphatic heterocycles. The molecule has 4 heterocycles. The second kappa shape index (κ2) is 23.7.